The molecule has 0 aromatic carbocycles. The standard InChI is InChI=1S/C18H26N2O5.K.12H/c1-5-25-16(23)9-14(21)12-8-13-11-20(7-6-15(22)24-4)19-17(13)18(2,3)10-12;;;;;;;;;;;;;/h11-12H,5-10H2,1-4H3;;;;;;;;;;;;;/q;+1;12*-1/i;;12*1+2. The Kier molecular flexibility index (Phi) is 9.15. The van der Waals surface area contributed by atoms with Crippen LogP contribution in [0, 0.1) is 5.92 Å². The van der Waals surface area contributed by atoms with E-state index in [4.69, 9.17) is 4.74 Å². The molecule has 26 heavy (non-hydrogen) atoms. The summed E-state index contributed by atoms with van der Waals surface area (Å²) >= 11 is 0. The van der Waals surface area contributed by atoms with Crippen molar-refractivity contribution in [2.24, 2.45) is 5.92 Å². The molecule has 2 rings (SSSR count). The van der Waals surface area contributed by atoms with E-state index in [1.807, 2.05) is 20.0 Å². The van der Waals surface area contributed by atoms with E-state index in [2.05, 4.69) is 9.84 Å². The molecule has 1 heterocycles. The second-order valence-electron chi connectivity index (χ2n) is 7.03. The third-order valence-electron chi connectivity index (χ3n) is 4.55. The van der Waals surface area contributed by atoms with Gasteiger partial charge in [-0.2, -0.15) is 5.10 Å². The quantitative estimate of drug-likeness (QED) is 0.351. The fourth-order valence-corrected chi connectivity index (χ4v) is 3.38. The zero-order valence-corrected chi connectivity index (χ0v) is 19.5. The van der Waals surface area contributed by atoms with Crippen molar-refractivity contribution in [2.75, 3.05) is 13.7 Å². The number of ketones is 1. The maximum atomic E-state index is 12.5. The molecule has 0 amide bonds. The minimum atomic E-state index is -0.468. The predicted molar refractivity (Wildman–Crippen MR) is 103 cm³/mol. The van der Waals surface area contributed by atoms with Gasteiger partial charge >= 0.3 is 63.3 Å². The molecule has 0 bridgehead atoms. The third kappa shape index (κ3) is 5.99. The average molecular weight is 426 g/mol. The van der Waals surface area contributed by atoms with Gasteiger partial charge in [-0.3, -0.25) is 19.1 Å². The SMILES string of the molecule is CCOC(=O)CC(=O)C1Cc2cn(CCC(=O)OC)nc2C(C)(C)C1.[3H-].[3H-].[3H-].[3H-].[3H-].[3H-].[3H-].[3H-].[3H-].[3H-].[3H-].[3H-].[K+]. The molecule has 0 spiro atoms. The number of hydrogen-bond donors (Lipinski definition) is 0. The first kappa shape index (κ1) is 23.5. The summed E-state index contributed by atoms with van der Waals surface area (Å²) in [7, 11) is 1.36. The second kappa shape index (κ2) is 10.1. The molecule has 1 aliphatic rings. The molecule has 1 aromatic heterocycles. The van der Waals surface area contributed by atoms with Gasteiger partial charge in [0, 0.05) is 17.5 Å². The van der Waals surface area contributed by atoms with Crippen LogP contribution in [0.25, 0.3) is 0 Å². The Balaban J connectivity index is -0.0000000520. The zero-order chi connectivity index (χ0) is 18.6. The van der Waals surface area contributed by atoms with E-state index in [0.29, 0.717) is 19.4 Å². The molecule has 1 aromatic rings. The molecule has 0 radical (unpaired) electrons. The molecule has 0 saturated heterocycles. The van der Waals surface area contributed by atoms with Crippen molar-refractivity contribution in [2.45, 2.75) is 58.4 Å². The summed E-state index contributed by atoms with van der Waals surface area (Å²) in [5, 5.41) is 4.60. The van der Waals surface area contributed by atoms with Gasteiger partial charge in [-0.15, -0.1) is 0 Å². The van der Waals surface area contributed by atoms with Crippen molar-refractivity contribution in [3.05, 3.63) is 17.5 Å². The molecule has 1 aliphatic carbocycles. The Morgan fingerprint density at radius 2 is 2.04 bits per heavy atom. The number of hydrogen-bond acceptors (Lipinski definition) is 6. The van der Waals surface area contributed by atoms with Crippen molar-refractivity contribution in [1.29, 1.82) is 0 Å². The van der Waals surface area contributed by atoms with Crippen LogP contribution >= 0.6 is 0 Å². The zero-order valence-electron chi connectivity index (χ0n) is 28.3. The second-order valence-corrected chi connectivity index (χ2v) is 7.03. The molecule has 162 valence electrons. The molecule has 1 unspecified atom stereocenters. The number of Topliss-reactive ketones (excluding diaryl/α,β-unsaturated/α-hetero) is 1. The van der Waals surface area contributed by atoms with Crippen LogP contribution in [0.4, 0.5) is 0 Å². The van der Waals surface area contributed by atoms with Crippen molar-refractivity contribution in [3.8, 4) is 0 Å². The molecule has 7 nitrogen and oxygen atoms in total. The van der Waals surface area contributed by atoms with E-state index < -0.39 is 5.97 Å². The molecular formula is C18H38KN2O5-11. The molecule has 0 N–H and O–H groups in total. The van der Waals surface area contributed by atoms with Gasteiger partial charge in [0.25, 0.3) is 0 Å². The number of carbonyl (C=O) groups is 3. The summed E-state index contributed by atoms with van der Waals surface area (Å²) in [6, 6.07) is 0. The molecule has 0 fully saturated rings. The number of aryl methyl sites for hydroxylation is 1. The van der Waals surface area contributed by atoms with Gasteiger partial charge < -0.3 is 26.6 Å². The van der Waals surface area contributed by atoms with Crippen LogP contribution in [0.2, 0.25) is 0 Å². The van der Waals surface area contributed by atoms with Gasteiger partial charge in [0.1, 0.15) is 12.2 Å². The molecular weight excluding hydrogens is 363 g/mol. The van der Waals surface area contributed by atoms with E-state index in [0.717, 1.165) is 11.3 Å². The number of methoxy groups -OCH3 is 1. The van der Waals surface area contributed by atoms with Crippen molar-refractivity contribution in [1.82, 2.24) is 9.78 Å². The Labute approximate surface area is 214 Å². The maximum Gasteiger partial charge on any atom is 1.00 e. The van der Waals surface area contributed by atoms with Crippen LogP contribution in [0.15, 0.2) is 6.20 Å². The van der Waals surface area contributed by atoms with Crippen LogP contribution < -0.4 is 51.4 Å². The number of fused-ring (bicyclic) bond motifs is 1. The van der Waals surface area contributed by atoms with Gasteiger partial charge in [0.05, 0.1) is 32.4 Å². The first-order valence-electron chi connectivity index (χ1n) is 8.58. The molecule has 8 heteroatoms. The van der Waals surface area contributed by atoms with Crippen LogP contribution in [0.3, 0.4) is 0 Å². The Morgan fingerprint density at radius 1 is 1.35 bits per heavy atom. The molecule has 0 aliphatic heterocycles. The van der Waals surface area contributed by atoms with E-state index in [1.54, 1.807) is 11.6 Å². The number of ether oxygens (including phenoxy) is 2. The summed E-state index contributed by atoms with van der Waals surface area (Å²) in [6.45, 7) is 6.54. The average Bonchev–Trinajstić information content (AvgIpc) is 2.96. The third-order valence-corrected chi connectivity index (χ3v) is 4.55. The van der Waals surface area contributed by atoms with Crippen LogP contribution in [-0.2, 0) is 42.2 Å². The normalized spacial score (nSPS) is 17.6. The monoisotopic (exact) mass is 425 g/mol. The predicted octanol–water partition coefficient (Wildman–Crippen LogP) is 0.163. The number of aromatic nitrogens is 2. The number of rotatable bonds is 7. The number of nitrogens with zero attached hydrogens (tertiary/aromatic N) is 2. The van der Waals surface area contributed by atoms with E-state index in [-0.39, 0.29) is 111 Å². The first-order chi connectivity index (χ1) is 11.8. The van der Waals surface area contributed by atoms with Crippen LogP contribution in [0.5, 0.6) is 0 Å². The van der Waals surface area contributed by atoms with Gasteiger partial charge in [-0.05, 0) is 25.3 Å². The van der Waals surface area contributed by atoms with Gasteiger partial charge in [0.2, 0.25) is 0 Å². The van der Waals surface area contributed by atoms with Crippen molar-refractivity contribution in [3.63, 3.8) is 0 Å². The Morgan fingerprint density at radius 3 is 2.65 bits per heavy atom. The largest absolute Gasteiger partial charge is 1.00 e. The van der Waals surface area contributed by atoms with Crippen LogP contribution in [0.1, 0.15) is 68.4 Å². The summed E-state index contributed by atoms with van der Waals surface area (Å²) < 4.78 is 11.3. The molecule has 0 saturated carbocycles. The van der Waals surface area contributed by atoms with Gasteiger partial charge in [-0.25, -0.2) is 0 Å². The fourth-order valence-electron chi connectivity index (χ4n) is 3.38. The van der Waals surface area contributed by atoms with Gasteiger partial charge in [0.15, 0.2) is 0 Å². The van der Waals surface area contributed by atoms with E-state index >= 15 is 0 Å². The number of esters is 2. The van der Waals surface area contributed by atoms with Gasteiger partial charge in [-0.1, -0.05) is 13.8 Å². The smallest absolute Gasteiger partial charge is 1.00 e. The van der Waals surface area contributed by atoms with Crippen molar-refractivity contribution < 1.29 is 92.4 Å². The summed E-state index contributed by atoms with van der Waals surface area (Å²) in [5.41, 5.74) is 1.69. The van der Waals surface area contributed by atoms with Crippen LogP contribution in [-0.4, -0.2) is 41.2 Å². The maximum absolute atomic E-state index is 12.5. The van der Waals surface area contributed by atoms with E-state index in [1.165, 1.54) is 7.11 Å². The molecule has 1 atom stereocenters. The minimum absolute atomic E-state index is 0. The summed E-state index contributed by atoms with van der Waals surface area (Å²) in [5.74, 6) is -1.05. The van der Waals surface area contributed by atoms with E-state index in [9.17, 15) is 14.4 Å². The Hall–Kier alpha value is -0.544. The summed E-state index contributed by atoms with van der Waals surface area (Å²) in [4.78, 5) is 35.3. The minimum Gasteiger partial charge on any atom is -1.00 e. The summed E-state index contributed by atoms with van der Waals surface area (Å²) in [6.07, 6.45) is 3.18. The fraction of sp³-hybridized carbons (Fsp3) is 0.667. The number of carbonyl (C=O) groups excluding carboxylic acids is 3. The van der Waals surface area contributed by atoms with Crippen molar-refractivity contribution >= 4 is 17.7 Å². The topological polar surface area (TPSA) is 87.5 Å². The Bertz CT molecular complexity index is 703. The first-order valence-corrected chi connectivity index (χ1v) is 8.58.